The largest absolute Gasteiger partial charge is 0.456 e. The molecule has 0 spiro atoms. The van der Waals surface area contributed by atoms with Gasteiger partial charge in [-0.25, -0.2) is 0 Å². The molecule has 7 heteroatoms. The van der Waals surface area contributed by atoms with Gasteiger partial charge in [0.25, 0.3) is 5.91 Å². The van der Waals surface area contributed by atoms with Crippen molar-refractivity contribution in [3.63, 3.8) is 0 Å². The molecular weight excluding hydrogens is 274 g/mol. The summed E-state index contributed by atoms with van der Waals surface area (Å²) in [6.45, 7) is 0.682. The molecule has 1 atom stereocenters. The van der Waals surface area contributed by atoms with Crippen molar-refractivity contribution in [1.29, 1.82) is 5.26 Å². The van der Waals surface area contributed by atoms with Crippen LogP contribution in [0.2, 0.25) is 0 Å². The number of nitrogens with one attached hydrogen (secondary N) is 1. The topological polar surface area (TPSA) is 122 Å². The van der Waals surface area contributed by atoms with Crippen LogP contribution in [0.1, 0.15) is 18.1 Å². The van der Waals surface area contributed by atoms with E-state index in [-0.39, 0.29) is 6.42 Å². The Labute approximate surface area is 121 Å². The molecule has 7 nitrogen and oxygen atoms in total. The number of hydrogen-bond donors (Lipinski definition) is 2. The molecule has 0 saturated heterocycles. The molecule has 0 fully saturated rings. The number of benzene rings is 1. The third kappa shape index (κ3) is 5.32. The fourth-order valence-electron chi connectivity index (χ4n) is 1.65. The van der Waals surface area contributed by atoms with Crippen molar-refractivity contribution in [2.75, 3.05) is 6.61 Å². The molecule has 0 heterocycles. The Kier molecular flexibility index (Phi) is 5.89. The highest BCUT2D eigenvalue weighted by atomic mass is 16.5. The van der Waals surface area contributed by atoms with E-state index < -0.39 is 30.4 Å². The number of nitrogens with zero attached hydrogens (tertiary/aromatic N) is 1. The molecule has 0 unspecified atom stereocenters. The lowest BCUT2D eigenvalue weighted by Crippen LogP contribution is -2.47. The molecule has 3 N–H and O–H groups in total. The maximum atomic E-state index is 11.5. The number of nitrogens with two attached hydrogens (primary N) is 1. The van der Waals surface area contributed by atoms with Gasteiger partial charge in [-0.3, -0.25) is 14.4 Å². The summed E-state index contributed by atoms with van der Waals surface area (Å²) >= 11 is 0. The summed E-state index contributed by atoms with van der Waals surface area (Å²) < 4.78 is 4.52. The maximum Gasteiger partial charge on any atom is 0.303 e. The molecule has 2 amide bonds. The van der Waals surface area contributed by atoms with Crippen LogP contribution in [0.3, 0.4) is 0 Å². The fraction of sp³-hybridized carbons (Fsp3) is 0.286. The number of carbonyl (C=O) groups excluding carboxylic acids is 3. The number of amides is 2. The van der Waals surface area contributed by atoms with Crippen molar-refractivity contribution in [1.82, 2.24) is 5.32 Å². The molecule has 1 aromatic carbocycles. The van der Waals surface area contributed by atoms with E-state index >= 15 is 0 Å². The van der Waals surface area contributed by atoms with Gasteiger partial charge < -0.3 is 15.8 Å². The summed E-state index contributed by atoms with van der Waals surface area (Å²) in [6, 6.07) is 7.71. The lowest BCUT2D eigenvalue weighted by molar-refractivity contribution is -0.146. The molecule has 0 saturated carbocycles. The minimum Gasteiger partial charge on any atom is -0.456 e. The van der Waals surface area contributed by atoms with Gasteiger partial charge in [0.15, 0.2) is 6.61 Å². The Morgan fingerprint density at radius 1 is 1.38 bits per heavy atom. The van der Waals surface area contributed by atoms with Crippen LogP contribution < -0.4 is 11.1 Å². The highest BCUT2D eigenvalue weighted by Gasteiger charge is 2.20. The van der Waals surface area contributed by atoms with E-state index in [0.717, 1.165) is 0 Å². The zero-order valence-corrected chi connectivity index (χ0v) is 11.5. The Bertz CT molecular complexity index is 592. The van der Waals surface area contributed by atoms with E-state index in [1.165, 1.54) is 6.92 Å². The first-order chi connectivity index (χ1) is 9.93. The van der Waals surface area contributed by atoms with Gasteiger partial charge in [-0.05, 0) is 11.6 Å². The number of primary amides is 1. The molecule has 21 heavy (non-hydrogen) atoms. The zero-order chi connectivity index (χ0) is 15.8. The summed E-state index contributed by atoms with van der Waals surface area (Å²) in [5.74, 6) is -1.97. The van der Waals surface area contributed by atoms with Crippen molar-refractivity contribution in [2.45, 2.75) is 19.4 Å². The van der Waals surface area contributed by atoms with Crippen LogP contribution in [0.25, 0.3) is 0 Å². The monoisotopic (exact) mass is 289 g/mol. The van der Waals surface area contributed by atoms with Crippen LogP contribution in [0.15, 0.2) is 24.3 Å². The van der Waals surface area contributed by atoms with Crippen LogP contribution in [0.5, 0.6) is 0 Å². The fourth-order valence-corrected chi connectivity index (χ4v) is 1.65. The van der Waals surface area contributed by atoms with Gasteiger partial charge >= 0.3 is 5.97 Å². The molecular formula is C14H15N3O4. The van der Waals surface area contributed by atoms with Crippen molar-refractivity contribution >= 4 is 17.8 Å². The average molecular weight is 289 g/mol. The van der Waals surface area contributed by atoms with E-state index in [4.69, 9.17) is 11.0 Å². The molecule has 0 aliphatic rings. The third-order valence-electron chi connectivity index (χ3n) is 2.65. The number of rotatable bonds is 6. The maximum absolute atomic E-state index is 11.5. The normalized spacial score (nSPS) is 11.0. The second kappa shape index (κ2) is 7.65. The molecule has 0 aliphatic carbocycles. The molecule has 110 valence electrons. The van der Waals surface area contributed by atoms with E-state index in [2.05, 4.69) is 10.1 Å². The summed E-state index contributed by atoms with van der Waals surface area (Å²) in [7, 11) is 0. The number of carbonyl (C=O) groups is 3. The van der Waals surface area contributed by atoms with Crippen molar-refractivity contribution in [3.05, 3.63) is 35.4 Å². The molecule has 1 aromatic rings. The highest BCUT2D eigenvalue weighted by molar-refractivity contribution is 5.88. The van der Waals surface area contributed by atoms with Crippen molar-refractivity contribution < 1.29 is 19.1 Å². The standard InChI is InChI=1S/C14H15N3O4/c1-9(18)21-8-13(19)17-12(14(16)20)6-10-4-2-3-5-11(10)7-15/h2-5,12H,6,8H2,1H3,(H2,16,20)(H,17,19)/t12-/m1/s1. The number of nitriles is 1. The minimum atomic E-state index is -0.984. The lowest BCUT2D eigenvalue weighted by atomic mass is 10.0. The molecule has 0 aromatic heterocycles. The quantitative estimate of drug-likeness (QED) is 0.692. The minimum absolute atomic E-state index is 0.0882. The van der Waals surface area contributed by atoms with E-state index in [0.29, 0.717) is 11.1 Å². The third-order valence-corrected chi connectivity index (χ3v) is 2.65. The Hall–Kier alpha value is -2.88. The summed E-state index contributed by atoms with van der Waals surface area (Å²) in [5.41, 5.74) is 6.23. The van der Waals surface area contributed by atoms with Gasteiger partial charge in [0.05, 0.1) is 11.6 Å². The number of hydrogen-bond acceptors (Lipinski definition) is 5. The van der Waals surface area contributed by atoms with Gasteiger partial charge in [-0.1, -0.05) is 18.2 Å². The summed E-state index contributed by atoms with van der Waals surface area (Å²) in [4.78, 5) is 33.6. The van der Waals surface area contributed by atoms with Crippen molar-refractivity contribution in [2.24, 2.45) is 5.73 Å². The smallest absolute Gasteiger partial charge is 0.303 e. The SMILES string of the molecule is CC(=O)OCC(=O)N[C@H](Cc1ccccc1C#N)C(N)=O. The Morgan fingerprint density at radius 2 is 2.05 bits per heavy atom. The molecule has 0 bridgehead atoms. The predicted molar refractivity (Wildman–Crippen MR) is 72.6 cm³/mol. The van der Waals surface area contributed by atoms with Gasteiger partial charge in [0.1, 0.15) is 6.04 Å². The zero-order valence-electron chi connectivity index (χ0n) is 11.5. The van der Waals surface area contributed by atoms with Crippen molar-refractivity contribution in [3.8, 4) is 6.07 Å². The molecule has 1 rings (SSSR count). The second-order valence-electron chi connectivity index (χ2n) is 4.28. The van der Waals surface area contributed by atoms with Gasteiger partial charge in [0.2, 0.25) is 5.91 Å². The summed E-state index contributed by atoms with van der Waals surface area (Å²) in [6.07, 6.45) is 0.0882. The van der Waals surface area contributed by atoms with Crippen LogP contribution in [-0.2, 0) is 25.5 Å². The second-order valence-corrected chi connectivity index (χ2v) is 4.28. The molecule has 0 aliphatic heterocycles. The summed E-state index contributed by atoms with van der Waals surface area (Å²) in [5, 5.41) is 11.4. The first-order valence-electron chi connectivity index (χ1n) is 6.14. The Morgan fingerprint density at radius 3 is 2.62 bits per heavy atom. The van der Waals surface area contributed by atoms with Crippen LogP contribution in [-0.4, -0.2) is 30.4 Å². The average Bonchev–Trinajstić information content (AvgIpc) is 2.44. The van der Waals surface area contributed by atoms with Gasteiger partial charge in [-0.2, -0.15) is 5.26 Å². The van der Waals surface area contributed by atoms with Gasteiger partial charge in [-0.15, -0.1) is 0 Å². The Balaban J connectivity index is 2.75. The number of ether oxygens (including phenoxy) is 1. The highest BCUT2D eigenvalue weighted by Crippen LogP contribution is 2.10. The predicted octanol–water partition coefficient (Wildman–Crippen LogP) is -0.366. The first kappa shape index (κ1) is 16.2. The van der Waals surface area contributed by atoms with E-state index in [1.807, 2.05) is 6.07 Å². The van der Waals surface area contributed by atoms with Crippen LogP contribution in [0, 0.1) is 11.3 Å². The van der Waals surface area contributed by atoms with Crippen LogP contribution >= 0.6 is 0 Å². The van der Waals surface area contributed by atoms with Crippen LogP contribution in [0.4, 0.5) is 0 Å². The molecule has 0 radical (unpaired) electrons. The number of esters is 1. The van der Waals surface area contributed by atoms with Gasteiger partial charge in [0, 0.05) is 13.3 Å². The van der Waals surface area contributed by atoms with E-state index in [1.54, 1.807) is 24.3 Å². The first-order valence-corrected chi connectivity index (χ1v) is 6.14. The lowest BCUT2D eigenvalue weighted by Gasteiger charge is -2.16. The van der Waals surface area contributed by atoms with E-state index in [9.17, 15) is 14.4 Å².